The summed E-state index contributed by atoms with van der Waals surface area (Å²) in [5, 5.41) is 3.16. The van der Waals surface area contributed by atoms with Gasteiger partial charge in [-0.25, -0.2) is 0 Å². The van der Waals surface area contributed by atoms with Crippen molar-refractivity contribution in [3.63, 3.8) is 0 Å². The normalized spacial score (nSPS) is 25.0. The number of rotatable bonds is 0. The van der Waals surface area contributed by atoms with Gasteiger partial charge in [-0.1, -0.05) is 30.8 Å². The van der Waals surface area contributed by atoms with Gasteiger partial charge in [-0.3, -0.25) is 0 Å². The maximum atomic E-state index is 5.15. The molecule has 0 amide bonds. The molecule has 0 aromatic carbocycles. The highest BCUT2D eigenvalue weighted by Crippen LogP contribution is 2.11. The first-order valence-corrected chi connectivity index (χ1v) is 4.18. The van der Waals surface area contributed by atoms with Crippen LogP contribution in [0.4, 0.5) is 0 Å². The Bertz CT molecular complexity index is 238. The fraction of sp³-hybridized carbons (Fsp3) is 0.444. The van der Waals surface area contributed by atoms with Gasteiger partial charge >= 0.3 is 0 Å². The minimum atomic E-state index is 0.360. The van der Waals surface area contributed by atoms with E-state index < -0.39 is 0 Å². The predicted molar refractivity (Wildman–Crippen MR) is 52.4 cm³/mol. The molecule has 1 nitrogen and oxygen atoms in total. The summed E-state index contributed by atoms with van der Waals surface area (Å²) in [6.07, 6.45) is 4.28. The van der Waals surface area contributed by atoms with Crippen LogP contribution in [-0.4, -0.2) is 4.99 Å². The van der Waals surface area contributed by atoms with Crippen LogP contribution in [0.2, 0.25) is 0 Å². The molecule has 0 radical (unpaired) electrons. The Kier molecular flexibility index (Phi) is 2.45. The molecule has 0 fully saturated rings. The highest BCUT2D eigenvalue weighted by atomic mass is 32.1. The summed E-state index contributed by atoms with van der Waals surface area (Å²) in [6, 6.07) is 0. The molecule has 0 bridgehead atoms. The first-order chi connectivity index (χ1) is 5.09. The molecule has 1 aliphatic rings. The molecule has 2 heteroatoms. The van der Waals surface area contributed by atoms with Crippen molar-refractivity contribution >= 4 is 17.2 Å². The van der Waals surface area contributed by atoms with Crippen LogP contribution in [0.25, 0.3) is 0 Å². The molecule has 0 spiro atoms. The number of hydrogen-bond acceptors (Lipinski definition) is 1. The molecule has 1 rings (SSSR count). The van der Waals surface area contributed by atoms with Gasteiger partial charge in [-0.2, -0.15) is 0 Å². The number of nitrogens with one attached hydrogen (secondary N) is 1. The molecule has 0 unspecified atom stereocenters. The fourth-order valence-corrected chi connectivity index (χ4v) is 1.43. The van der Waals surface area contributed by atoms with Crippen molar-refractivity contribution in [1.29, 1.82) is 0 Å². The minimum Gasteiger partial charge on any atom is -0.353 e. The van der Waals surface area contributed by atoms with Crippen LogP contribution < -0.4 is 5.32 Å². The van der Waals surface area contributed by atoms with E-state index in [4.69, 9.17) is 12.2 Å². The first kappa shape index (κ1) is 8.47. The molecule has 0 aliphatic carbocycles. The molecule has 1 aliphatic heterocycles. The van der Waals surface area contributed by atoms with Gasteiger partial charge in [-0.05, 0) is 19.9 Å². The average molecular weight is 167 g/mol. The molecule has 1 atom stereocenters. The van der Waals surface area contributed by atoms with Gasteiger partial charge in [-0.15, -0.1) is 0 Å². The molecule has 1 N–H and O–H groups in total. The second kappa shape index (κ2) is 3.18. The average Bonchev–Trinajstić information content (AvgIpc) is 1.93. The third-order valence-corrected chi connectivity index (χ3v) is 2.16. The molecule has 0 aromatic rings. The monoisotopic (exact) mass is 167 g/mol. The zero-order valence-corrected chi connectivity index (χ0v) is 7.96. The third-order valence-electron chi connectivity index (χ3n) is 1.69. The van der Waals surface area contributed by atoms with Crippen LogP contribution in [0.5, 0.6) is 0 Å². The van der Waals surface area contributed by atoms with E-state index in [1.54, 1.807) is 0 Å². The third kappa shape index (κ3) is 2.15. The summed E-state index contributed by atoms with van der Waals surface area (Å²) < 4.78 is 0. The molecule has 1 heterocycles. The zero-order valence-electron chi connectivity index (χ0n) is 7.14. The summed E-state index contributed by atoms with van der Waals surface area (Å²) in [6.45, 7) is 6.22. The SMILES string of the molecule is CC1=C[C@@H](C)C(=S)NC(C)=C1. The van der Waals surface area contributed by atoms with E-state index in [1.165, 1.54) is 5.57 Å². The van der Waals surface area contributed by atoms with Crippen molar-refractivity contribution in [3.05, 3.63) is 23.4 Å². The Morgan fingerprint density at radius 2 is 2.09 bits per heavy atom. The highest BCUT2D eigenvalue weighted by molar-refractivity contribution is 7.80. The Hall–Kier alpha value is -0.630. The van der Waals surface area contributed by atoms with Crippen molar-refractivity contribution < 1.29 is 0 Å². The second-order valence-electron chi connectivity index (χ2n) is 3.02. The molecular formula is C9H13NS. The van der Waals surface area contributed by atoms with E-state index in [9.17, 15) is 0 Å². The molecule has 11 heavy (non-hydrogen) atoms. The van der Waals surface area contributed by atoms with Crippen molar-refractivity contribution in [3.8, 4) is 0 Å². The van der Waals surface area contributed by atoms with Crippen LogP contribution >= 0.6 is 12.2 Å². The molecule has 60 valence electrons. The smallest absolute Gasteiger partial charge is 0.0861 e. The highest BCUT2D eigenvalue weighted by Gasteiger charge is 2.08. The summed E-state index contributed by atoms with van der Waals surface area (Å²) in [5.74, 6) is 0.360. The van der Waals surface area contributed by atoms with Gasteiger partial charge in [0.2, 0.25) is 0 Å². The van der Waals surface area contributed by atoms with Gasteiger partial charge < -0.3 is 5.32 Å². The van der Waals surface area contributed by atoms with Gasteiger partial charge in [0.05, 0.1) is 4.99 Å². The van der Waals surface area contributed by atoms with E-state index in [2.05, 4.69) is 31.3 Å². The standard InChI is InChI=1S/C9H13NS/c1-6-4-7(2)9(11)10-8(3)5-6/h4-5,7H,1-3H3,(H,10,11)/t7-/m1/s1. The minimum absolute atomic E-state index is 0.360. The van der Waals surface area contributed by atoms with Crippen molar-refractivity contribution in [2.75, 3.05) is 0 Å². The first-order valence-electron chi connectivity index (χ1n) is 3.77. The Morgan fingerprint density at radius 3 is 2.73 bits per heavy atom. The zero-order chi connectivity index (χ0) is 8.43. The number of thiocarbonyl (C=S) groups is 1. The Labute approximate surface area is 73.2 Å². The van der Waals surface area contributed by atoms with Crippen molar-refractivity contribution in [1.82, 2.24) is 5.32 Å². The number of allylic oxidation sites excluding steroid dienone is 3. The molecule has 0 saturated carbocycles. The topological polar surface area (TPSA) is 12.0 Å². The summed E-state index contributed by atoms with van der Waals surface area (Å²) in [7, 11) is 0. The lowest BCUT2D eigenvalue weighted by molar-refractivity contribution is 0.956. The van der Waals surface area contributed by atoms with E-state index in [0.717, 1.165) is 10.7 Å². The molecule has 0 aromatic heterocycles. The molecular weight excluding hydrogens is 154 g/mol. The largest absolute Gasteiger partial charge is 0.353 e. The van der Waals surface area contributed by atoms with Crippen molar-refractivity contribution in [2.24, 2.45) is 5.92 Å². The second-order valence-corrected chi connectivity index (χ2v) is 3.46. The maximum absolute atomic E-state index is 5.15. The van der Waals surface area contributed by atoms with E-state index in [0.29, 0.717) is 5.92 Å². The lowest BCUT2D eigenvalue weighted by Gasteiger charge is -2.08. The van der Waals surface area contributed by atoms with E-state index in [-0.39, 0.29) is 0 Å². The van der Waals surface area contributed by atoms with Crippen LogP contribution in [-0.2, 0) is 0 Å². The summed E-state index contributed by atoms with van der Waals surface area (Å²) >= 11 is 5.15. The maximum Gasteiger partial charge on any atom is 0.0861 e. The van der Waals surface area contributed by atoms with E-state index in [1.807, 2.05) is 6.92 Å². The lowest BCUT2D eigenvalue weighted by Crippen LogP contribution is -2.23. The fourth-order valence-electron chi connectivity index (χ4n) is 1.20. The lowest BCUT2D eigenvalue weighted by atomic mass is 10.1. The quantitative estimate of drug-likeness (QED) is 0.556. The van der Waals surface area contributed by atoms with Gasteiger partial charge in [0, 0.05) is 11.6 Å². The van der Waals surface area contributed by atoms with E-state index >= 15 is 0 Å². The van der Waals surface area contributed by atoms with Crippen LogP contribution in [0.1, 0.15) is 20.8 Å². The number of hydrogen-bond donors (Lipinski definition) is 1. The van der Waals surface area contributed by atoms with Crippen LogP contribution in [0.3, 0.4) is 0 Å². The van der Waals surface area contributed by atoms with Crippen LogP contribution in [0.15, 0.2) is 23.4 Å². The predicted octanol–water partition coefficient (Wildman–Crippen LogP) is 2.40. The van der Waals surface area contributed by atoms with Crippen LogP contribution in [0, 0.1) is 5.92 Å². The van der Waals surface area contributed by atoms with Crippen molar-refractivity contribution in [2.45, 2.75) is 20.8 Å². The summed E-state index contributed by atoms with van der Waals surface area (Å²) in [4.78, 5) is 0.913. The summed E-state index contributed by atoms with van der Waals surface area (Å²) in [5.41, 5.74) is 2.41. The van der Waals surface area contributed by atoms with Gasteiger partial charge in [0.1, 0.15) is 0 Å². The van der Waals surface area contributed by atoms with Gasteiger partial charge in [0.25, 0.3) is 0 Å². The van der Waals surface area contributed by atoms with Gasteiger partial charge in [0.15, 0.2) is 0 Å². The Balaban J connectivity index is 2.90. The Morgan fingerprint density at radius 1 is 1.45 bits per heavy atom. The molecule has 0 saturated heterocycles.